The van der Waals surface area contributed by atoms with Gasteiger partial charge in [-0.2, -0.15) is 0 Å². The number of halogens is 2. The summed E-state index contributed by atoms with van der Waals surface area (Å²) in [5.74, 6) is -3.31. The second kappa shape index (κ2) is 7.51. The third-order valence-corrected chi connectivity index (χ3v) is 4.96. The number of hydrogen-bond acceptors (Lipinski definition) is 4. The first-order chi connectivity index (χ1) is 14.4. The van der Waals surface area contributed by atoms with Gasteiger partial charge in [0.2, 0.25) is 0 Å². The number of nitrogens with zero attached hydrogens (tertiary/aromatic N) is 2. The average Bonchev–Trinajstić information content (AvgIpc) is 3.01. The highest BCUT2D eigenvalue weighted by Crippen LogP contribution is 2.42. The first kappa shape index (κ1) is 19.4. The van der Waals surface area contributed by atoms with Crippen LogP contribution in [0.15, 0.2) is 72.6 Å². The molecule has 0 saturated carbocycles. The van der Waals surface area contributed by atoms with Crippen molar-refractivity contribution in [2.75, 3.05) is 4.90 Å². The number of pyridine rings is 1. The van der Waals surface area contributed by atoms with Gasteiger partial charge in [0.15, 0.2) is 0 Å². The summed E-state index contributed by atoms with van der Waals surface area (Å²) in [6.45, 7) is 1.52. The lowest BCUT2D eigenvalue weighted by molar-refractivity contribution is -0.132. The maximum atomic E-state index is 13.8. The molecular formula is C23H16F2N2O3. The molecule has 1 atom stereocenters. The Bertz CT molecular complexity index is 1190. The number of carbonyl (C=O) groups is 2. The predicted molar refractivity (Wildman–Crippen MR) is 107 cm³/mol. The Morgan fingerprint density at radius 3 is 2.53 bits per heavy atom. The van der Waals surface area contributed by atoms with Gasteiger partial charge in [0.05, 0.1) is 11.6 Å². The van der Waals surface area contributed by atoms with Crippen LogP contribution in [0.1, 0.15) is 22.7 Å². The molecule has 0 bridgehead atoms. The maximum absolute atomic E-state index is 13.8. The van der Waals surface area contributed by atoms with Crippen molar-refractivity contribution in [3.05, 3.63) is 101 Å². The van der Waals surface area contributed by atoms with Crippen LogP contribution in [-0.2, 0) is 9.59 Å². The largest absolute Gasteiger partial charge is 0.507 e. The van der Waals surface area contributed by atoms with Crippen molar-refractivity contribution in [1.82, 2.24) is 4.98 Å². The Hall–Kier alpha value is -3.87. The molecule has 1 aliphatic rings. The Balaban J connectivity index is 1.95. The molecule has 0 radical (unpaired) electrons. The van der Waals surface area contributed by atoms with Crippen LogP contribution in [0.3, 0.4) is 0 Å². The zero-order chi connectivity index (χ0) is 21.4. The molecule has 1 N–H and O–H groups in total. The third kappa shape index (κ3) is 3.24. The van der Waals surface area contributed by atoms with Gasteiger partial charge < -0.3 is 5.11 Å². The van der Waals surface area contributed by atoms with E-state index in [0.717, 1.165) is 11.0 Å². The van der Waals surface area contributed by atoms with E-state index in [2.05, 4.69) is 4.98 Å². The topological polar surface area (TPSA) is 70.5 Å². The molecular weight excluding hydrogens is 390 g/mol. The number of aromatic nitrogens is 1. The minimum absolute atomic E-state index is 0.167. The number of aryl methyl sites for hydroxylation is 1. The van der Waals surface area contributed by atoms with Crippen molar-refractivity contribution >= 4 is 23.1 Å². The van der Waals surface area contributed by atoms with E-state index in [1.165, 1.54) is 55.7 Å². The van der Waals surface area contributed by atoms with Gasteiger partial charge in [-0.15, -0.1) is 0 Å². The predicted octanol–water partition coefficient (Wildman–Crippen LogP) is 4.29. The van der Waals surface area contributed by atoms with Gasteiger partial charge in [0.1, 0.15) is 17.4 Å². The first-order valence-corrected chi connectivity index (χ1v) is 9.11. The Morgan fingerprint density at radius 1 is 1.07 bits per heavy atom. The molecule has 4 rings (SSSR count). The minimum Gasteiger partial charge on any atom is -0.507 e. The van der Waals surface area contributed by atoms with E-state index in [9.17, 15) is 23.5 Å². The smallest absolute Gasteiger partial charge is 0.300 e. The number of ketones is 1. The van der Waals surface area contributed by atoms with Crippen molar-refractivity contribution in [3.63, 3.8) is 0 Å². The molecule has 30 heavy (non-hydrogen) atoms. The molecule has 2 heterocycles. The van der Waals surface area contributed by atoms with Crippen LogP contribution in [-0.4, -0.2) is 21.8 Å². The van der Waals surface area contributed by atoms with E-state index in [1.54, 1.807) is 12.1 Å². The lowest BCUT2D eigenvalue weighted by atomic mass is 9.95. The number of anilines is 1. The van der Waals surface area contributed by atoms with E-state index >= 15 is 0 Å². The van der Waals surface area contributed by atoms with Gasteiger partial charge in [-0.1, -0.05) is 12.1 Å². The monoisotopic (exact) mass is 406 g/mol. The van der Waals surface area contributed by atoms with Gasteiger partial charge in [-0.25, -0.2) is 8.78 Å². The number of carbonyl (C=O) groups excluding carboxylic acids is 2. The summed E-state index contributed by atoms with van der Waals surface area (Å²) in [5, 5.41) is 10.9. The minimum atomic E-state index is -1.02. The van der Waals surface area contributed by atoms with Gasteiger partial charge in [0.25, 0.3) is 11.7 Å². The summed E-state index contributed by atoms with van der Waals surface area (Å²) >= 11 is 0. The molecule has 2 aromatic carbocycles. The summed E-state index contributed by atoms with van der Waals surface area (Å²) in [7, 11) is 0. The molecule has 1 aromatic heterocycles. The molecule has 3 aromatic rings. The fourth-order valence-corrected chi connectivity index (χ4v) is 3.53. The zero-order valence-corrected chi connectivity index (χ0v) is 15.8. The van der Waals surface area contributed by atoms with E-state index in [1.807, 2.05) is 0 Å². The normalized spacial score (nSPS) is 18.1. The number of benzene rings is 2. The number of amides is 1. The summed E-state index contributed by atoms with van der Waals surface area (Å²) in [4.78, 5) is 31.0. The summed E-state index contributed by atoms with van der Waals surface area (Å²) in [6, 6.07) is 11.4. The summed E-state index contributed by atoms with van der Waals surface area (Å²) in [5.41, 5.74) is 0.918. The van der Waals surface area contributed by atoms with E-state index in [-0.39, 0.29) is 22.4 Å². The standard InChI is InChI=1S/C23H16F2N2O3/c1-13-10-14(7-8-18(13)25)21(28)19-20(15-4-3-9-26-12-15)27(23(30)22(19)29)17-6-2-5-16(24)11-17/h2-12,20,28H,1H3/b21-19+. The lowest BCUT2D eigenvalue weighted by Crippen LogP contribution is -2.29. The van der Waals surface area contributed by atoms with E-state index < -0.39 is 35.1 Å². The van der Waals surface area contributed by atoms with Gasteiger partial charge in [0, 0.05) is 23.6 Å². The van der Waals surface area contributed by atoms with Gasteiger partial charge in [-0.3, -0.25) is 19.5 Å². The number of hydrogen-bond donors (Lipinski definition) is 1. The molecule has 1 saturated heterocycles. The third-order valence-electron chi connectivity index (χ3n) is 4.96. The molecule has 5 nitrogen and oxygen atoms in total. The average molecular weight is 406 g/mol. The Labute approximate surface area is 170 Å². The SMILES string of the molecule is Cc1cc(/C(O)=C2\C(=O)C(=O)N(c3cccc(F)c3)C2c2cccnc2)ccc1F. The van der Waals surface area contributed by atoms with Gasteiger partial charge >= 0.3 is 0 Å². The second-order valence-electron chi connectivity index (χ2n) is 6.90. The quantitative estimate of drug-likeness (QED) is 0.400. The zero-order valence-electron chi connectivity index (χ0n) is 15.8. The van der Waals surface area contributed by atoms with Crippen LogP contribution in [0, 0.1) is 18.6 Å². The van der Waals surface area contributed by atoms with Crippen molar-refractivity contribution in [2.24, 2.45) is 0 Å². The Kier molecular flexibility index (Phi) is 4.87. The highest BCUT2D eigenvalue weighted by Gasteiger charge is 2.47. The number of aliphatic hydroxyl groups excluding tert-OH is 1. The van der Waals surface area contributed by atoms with Gasteiger partial charge in [-0.05, 0) is 60.5 Å². The molecule has 1 unspecified atom stereocenters. The van der Waals surface area contributed by atoms with Crippen molar-refractivity contribution in [2.45, 2.75) is 13.0 Å². The first-order valence-electron chi connectivity index (χ1n) is 9.11. The summed E-state index contributed by atoms with van der Waals surface area (Å²) < 4.78 is 27.5. The van der Waals surface area contributed by atoms with Crippen molar-refractivity contribution in [1.29, 1.82) is 0 Å². The number of rotatable bonds is 3. The fourth-order valence-electron chi connectivity index (χ4n) is 3.53. The molecule has 1 aliphatic heterocycles. The highest BCUT2D eigenvalue weighted by molar-refractivity contribution is 6.51. The van der Waals surface area contributed by atoms with Crippen molar-refractivity contribution < 1.29 is 23.5 Å². The lowest BCUT2D eigenvalue weighted by Gasteiger charge is -2.25. The summed E-state index contributed by atoms with van der Waals surface area (Å²) in [6.07, 6.45) is 2.99. The van der Waals surface area contributed by atoms with Crippen LogP contribution >= 0.6 is 0 Å². The molecule has 1 amide bonds. The van der Waals surface area contributed by atoms with Crippen LogP contribution in [0.5, 0.6) is 0 Å². The van der Waals surface area contributed by atoms with Crippen LogP contribution in [0.2, 0.25) is 0 Å². The van der Waals surface area contributed by atoms with Crippen LogP contribution in [0.25, 0.3) is 5.76 Å². The van der Waals surface area contributed by atoms with Crippen LogP contribution < -0.4 is 4.90 Å². The fraction of sp³-hybridized carbons (Fsp3) is 0.0870. The van der Waals surface area contributed by atoms with E-state index in [4.69, 9.17) is 0 Å². The highest BCUT2D eigenvalue weighted by atomic mass is 19.1. The molecule has 7 heteroatoms. The molecule has 150 valence electrons. The van der Waals surface area contributed by atoms with E-state index in [0.29, 0.717) is 5.56 Å². The molecule has 0 aliphatic carbocycles. The molecule has 0 spiro atoms. The van der Waals surface area contributed by atoms with Crippen LogP contribution in [0.4, 0.5) is 14.5 Å². The number of Topliss-reactive ketones (excluding diaryl/α,β-unsaturated/α-hetero) is 1. The van der Waals surface area contributed by atoms with Crippen molar-refractivity contribution in [3.8, 4) is 0 Å². The number of aliphatic hydroxyl groups is 1. The Morgan fingerprint density at radius 2 is 1.87 bits per heavy atom. The second-order valence-corrected chi connectivity index (χ2v) is 6.90. The maximum Gasteiger partial charge on any atom is 0.300 e. The molecule has 1 fully saturated rings.